The second-order valence-corrected chi connectivity index (χ2v) is 5.38. The minimum absolute atomic E-state index is 0.00912. The Morgan fingerprint density at radius 3 is 2.54 bits per heavy atom. The number of likely N-dealkylation sites (N-methyl/N-ethyl adjacent to an activating group) is 1. The van der Waals surface area contributed by atoms with E-state index in [-0.39, 0.29) is 18.4 Å². The molecule has 0 saturated carbocycles. The smallest absolute Gasteiger partial charge is 0.244 e. The fourth-order valence-corrected chi connectivity index (χ4v) is 2.06. The number of carbonyl (C=O) groups is 2. The Labute approximate surface area is 142 Å². The zero-order valence-electron chi connectivity index (χ0n) is 13.7. The van der Waals surface area contributed by atoms with Crippen molar-refractivity contribution in [3.05, 3.63) is 72.1 Å². The van der Waals surface area contributed by atoms with Gasteiger partial charge in [-0.15, -0.1) is 0 Å². The third-order valence-electron chi connectivity index (χ3n) is 3.55. The van der Waals surface area contributed by atoms with Crippen LogP contribution in [0.4, 0.5) is 0 Å². The third kappa shape index (κ3) is 6.04. The van der Waals surface area contributed by atoms with Crippen molar-refractivity contribution in [3.63, 3.8) is 0 Å². The number of carbonyl (C=O) groups excluding carboxylic acids is 2. The highest BCUT2D eigenvalue weighted by molar-refractivity contribution is 5.94. The molecule has 0 aliphatic rings. The molecule has 0 radical (unpaired) electrons. The van der Waals surface area contributed by atoms with Crippen LogP contribution in [0.25, 0.3) is 6.08 Å². The van der Waals surface area contributed by atoms with Crippen LogP contribution in [0.3, 0.4) is 0 Å². The molecule has 2 aromatic rings. The molecule has 0 aliphatic carbocycles. The maximum Gasteiger partial charge on any atom is 0.244 e. The molecule has 5 heteroatoms. The predicted molar refractivity (Wildman–Crippen MR) is 94.1 cm³/mol. The average molecular weight is 323 g/mol. The van der Waals surface area contributed by atoms with E-state index in [9.17, 15) is 9.59 Å². The van der Waals surface area contributed by atoms with Gasteiger partial charge in [-0.05, 0) is 35.8 Å². The van der Waals surface area contributed by atoms with Crippen LogP contribution in [-0.4, -0.2) is 41.8 Å². The molecular formula is C19H21N3O2. The van der Waals surface area contributed by atoms with Crippen LogP contribution in [-0.2, 0) is 16.0 Å². The molecule has 0 aliphatic heterocycles. The number of hydrogen-bond acceptors (Lipinski definition) is 3. The summed E-state index contributed by atoms with van der Waals surface area (Å²) < 4.78 is 0. The molecule has 0 fully saturated rings. The first-order chi connectivity index (χ1) is 11.6. The largest absolute Gasteiger partial charge is 0.344 e. The summed E-state index contributed by atoms with van der Waals surface area (Å²) in [5, 5.41) is 2.60. The summed E-state index contributed by atoms with van der Waals surface area (Å²) in [6.45, 7) is 0.587. The first kappa shape index (κ1) is 17.4. The lowest BCUT2D eigenvalue weighted by molar-refractivity contribution is -0.130. The molecular weight excluding hydrogens is 302 g/mol. The highest BCUT2D eigenvalue weighted by Crippen LogP contribution is 2.01. The lowest BCUT2D eigenvalue weighted by Gasteiger charge is -2.17. The number of hydrogen-bond donors (Lipinski definition) is 1. The first-order valence-corrected chi connectivity index (χ1v) is 7.79. The summed E-state index contributed by atoms with van der Waals surface area (Å²) in [5.41, 5.74) is 2.06. The van der Waals surface area contributed by atoms with Crippen molar-refractivity contribution in [1.82, 2.24) is 15.2 Å². The molecule has 24 heavy (non-hydrogen) atoms. The topological polar surface area (TPSA) is 62.3 Å². The predicted octanol–water partition coefficient (Wildman–Crippen LogP) is 1.91. The summed E-state index contributed by atoms with van der Waals surface area (Å²) in [6.07, 6.45) is 7.37. The van der Waals surface area contributed by atoms with E-state index in [1.165, 1.54) is 6.08 Å². The summed E-state index contributed by atoms with van der Waals surface area (Å²) >= 11 is 0. The fourth-order valence-electron chi connectivity index (χ4n) is 2.06. The molecule has 0 atom stereocenters. The van der Waals surface area contributed by atoms with Gasteiger partial charge in [0, 0.05) is 32.1 Å². The molecule has 2 rings (SSSR count). The van der Waals surface area contributed by atoms with Gasteiger partial charge in [-0.1, -0.05) is 30.3 Å². The maximum atomic E-state index is 12.0. The molecule has 2 amide bonds. The molecule has 0 saturated heterocycles. The quantitative estimate of drug-likeness (QED) is 0.792. The Kier molecular flexibility index (Phi) is 6.71. The van der Waals surface area contributed by atoms with Gasteiger partial charge < -0.3 is 10.2 Å². The van der Waals surface area contributed by atoms with E-state index in [1.807, 2.05) is 42.5 Å². The van der Waals surface area contributed by atoms with Crippen molar-refractivity contribution in [2.24, 2.45) is 0 Å². The Morgan fingerprint density at radius 1 is 1.12 bits per heavy atom. The number of rotatable bonds is 7. The van der Waals surface area contributed by atoms with E-state index >= 15 is 0 Å². The molecule has 1 heterocycles. The van der Waals surface area contributed by atoms with E-state index in [1.54, 1.807) is 30.4 Å². The minimum Gasteiger partial charge on any atom is -0.344 e. The maximum absolute atomic E-state index is 12.0. The van der Waals surface area contributed by atoms with Crippen LogP contribution in [0, 0.1) is 0 Å². The molecule has 0 bridgehead atoms. The molecule has 124 valence electrons. The van der Waals surface area contributed by atoms with Gasteiger partial charge in [0.25, 0.3) is 0 Å². The Bertz CT molecular complexity index is 684. The summed E-state index contributed by atoms with van der Waals surface area (Å²) in [6, 6.07) is 13.4. The summed E-state index contributed by atoms with van der Waals surface area (Å²) in [5.74, 6) is -0.403. The number of nitrogens with one attached hydrogen (secondary N) is 1. The lowest BCUT2D eigenvalue weighted by atomic mass is 10.2. The standard InChI is InChI=1S/C19H21N3O2/c1-22(14-11-17-9-12-20-13-10-17)19(24)15-21-18(23)8-7-16-5-3-2-4-6-16/h2-10,12-13H,11,14-15H2,1H3,(H,21,23). The van der Waals surface area contributed by atoms with Gasteiger partial charge in [0.1, 0.15) is 0 Å². The van der Waals surface area contributed by atoms with Crippen LogP contribution < -0.4 is 5.32 Å². The SMILES string of the molecule is CN(CCc1ccncc1)C(=O)CNC(=O)C=Cc1ccccc1. The van der Waals surface area contributed by atoms with E-state index < -0.39 is 0 Å². The highest BCUT2D eigenvalue weighted by atomic mass is 16.2. The number of benzene rings is 1. The molecule has 0 spiro atoms. The minimum atomic E-state index is -0.283. The van der Waals surface area contributed by atoms with Gasteiger partial charge in [-0.25, -0.2) is 0 Å². The summed E-state index contributed by atoms with van der Waals surface area (Å²) in [4.78, 5) is 29.3. The van der Waals surface area contributed by atoms with Crippen LogP contribution in [0.15, 0.2) is 60.9 Å². The molecule has 1 N–H and O–H groups in total. The second kappa shape index (κ2) is 9.25. The van der Waals surface area contributed by atoms with Crippen molar-refractivity contribution in [2.75, 3.05) is 20.1 Å². The van der Waals surface area contributed by atoms with E-state index in [4.69, 9.17) is 0 Å². The van der Waals surface area contributed by atoms with Crippen molar-refractivity contribution in [1.29, 1.82) is 0 Å². The van der Waals surface area contributed by atoms with Crippen LogP contribution in [0.5, 0.6) is 0 Å². The zero-order valence-corrected chi connectivity index (χ0v) is 13.7. The van der Waals surface area contributed by atoms with E-state index in [2.05, 4.69) is 10.3 Å². The Hall–Kier alpha value is -2.95. The van der Waals surface area contributed by atoms with Crippen molar-refractivity contribution >= 4 is 17.9 Å². The molecule has 1 aromatic heterocycles. The lowest BCUT2D eigenvalue weighted by Crippen LogP contribution is -2.38. The normalized spacial score (nSPS) is 10.5. The first-order valence-electron chi connectivity index (χ1n) is 7.79. The van der Waals surface area contributed by atoms with Crippen molar-refractivity contribution in [3.8, 4) is 0 Å². The van der Waals surface area contributed by atoms with Gasteiger partial charge in [0.05, 0.1) is 6.54 Å². The average Bonchev–Trinajstić information content (AvgIpc) is 2.64. The highest BCUT2D eigenvalue weighted by Gasteiger charge is 2.09. The Morgan fingerprint density at radius 2 is 1.83 bits per heavy atom. The van der Waals surface area contributed by atoms with Gasteiger partial charge in [0.2, 0.25) is 11.8 Å². The fraction of sp³-hybridized carbons (Fsp3) is 0.211. The summed E-state index contributed by atoms with van der Waals surface area (Å²) in [7, 11) is 1.73. The second-order valence-electron chi connectivity index (χ2n) is 5.38. The van der Waals surface area contributed by atoms with Crippen LogP contribution in [0.2, 0.25) is 0 Å². The van der Waals surface area contributed by atoms with Gasteiger partial charge in [-0.3, -0.25) is 14.6 Å². The van der Waals surface area contributed by atoms with Gasteiger partial charge >= 0.3 is 0 Å². The van der Waals surface area contributed by atoms with Crippen LogP contribution >= 0.6 is 0 Å². The molecule has 0 unspecified atom stereocenters. The van der Waals surface area contributed by atoms with Crippen LogP contribution in [0.1, 0.15) is 11.1 Å². The number of aromatic nitrogens is 1. The van der Waals surface area contributed by atoms with E-state index in [0.717, 1.165) is 17.5 Å². The Balaban J connectivity index is 1.71. The van der Waals surface area contributed by atoms with Gasteiger partial charge in [0.15, 0.2) is 0 Å². The third-order valence-corrected chi connectivity index (χ3v) is 3.55. The number of amides is 2. The molecule has 5 nitrogen and oxygen atoms in total. The van der Waals surface area contributed by atoms with Gasteiger partial charge in [-0.2, -0.15) is 0 Å². The van der Waals surface area contributed by atoms with Crippen molar-refractivity contribution < 1.29 is 9.59 Å². The molecule has 1 aromatic carbocycles. The number of nitrogens with zero attached hydrogens (tertiary/aromatic N) is 2. The number of pyridine rings is 1. The van der Waals surface area contributed by atoms with Crippen molar-refractivity contribution in [2.45, 2.75) is 6.42 Å². The monoisotopic (exact) mass is 323 g/mol. The van der Waals surface area contributed by atoms with E-state index in [0.29, 0.717) is 6.54 Å². The zero-order chi connectivity index (χ0) is 17.2.